The number of aryl methyl sites for hydroxylation is 3. The molecule has 32 heavy (non-hydrogen) atoms. The first kappa shape index (κ1) is 22.2. The van der Waals surface area contributed by atoms with Crippen LogP contribution in [0.1, 0.15) is 22.9 Å². The number of pyridine rings is 1. The lowest BCUT2D eigenvalue weighted by Crippen LogP contribution is -2.48. The third-order valence-corrected chi connectivity index (χ3v) is 6.00. The Morgan fingerprint density at radius 2 is 1.84 bits per heavy atom. The summed E-state index contributed by atoms with van der Waals surface area (Å²) in [7, 11) is 3.98. The van der Waals surface area contributed by atoms with E-state index < -0.39 is 0 Å². The molecule has 4 rings (SSSR count). The summed E-state index contributed by atoms with van der Waals surface area (Å²) in [5.41, 5.74) is 3.82. The van der Waals surface area contributed by atoms with Gasteiger partial charge >= 0.3 is 0 Å². The van der Waals surface area contributed by atoms with Crippen molar-refractivity contribution in [2.75, 3.05) is 46.4 Å². The second kappa shape index (κ2) is 9.67. The van der Waals surface area contributed by atoms with Crippen LogP contribution >= 0.6 is 0 Å². The third kappa shape index (κ3) is 5.08. The Hall–Kier alpha value is -2.97. The molecule has 3 aromatic rings. The lowest BCUT2D eigenvalue weighted by Gasteiger charge is -2.35. The van der Waals surface area contributed by atoms with Crippen LogP contribution in [0.25, 0.3) is 11.0 Å². The molecular weight excluding hydrogens is 404 g/mol. The molecule has 1 fully saturated rings. The van der Waals surface area contributed by atoms with Crippen LogP contribution in [0, 0.1) is 13.8 Å². The average Bonchev–Trinajstić information content (AvgIpc) is 3.09. The number of nitrogens with one attached hydrogen (secondary N) is 1. The van der Waals surface area contributed by atoms with E-state index in [1.807, 2.05) is 45.2 Å². The van der Waals surface area contributed by atoms with E-state index in [0.29, 0.717) is 5.88 Å². The van der Waals surface area contributed by atoms with E-state index >= 15 is 0 Å². The number of benzene rings is 1. The van der Waals surface area contributed by atoms with Crippen LogP contribution in [-0.2, 0) is 11.8 Å². The number of carbonyl (C=O) groups excluding carboxylic acids is 1. The summed E-state index contributed by atoms with van der Waals surface area (Å²) in [6.07, 6.45) is 0. The van der Waals surface area contributed by atoms with Gasteiger partial charge in [-0.25, -0.2) is 9.67 Å². The first-order valence-corrected chi connectivity index (χ1v) is 11.1. The van der Waals surface area contributed by atoms with Crippen LogP contribution in [0.4, 0.5) is 0 Å². The molecule has 8 heteroatoms. The van der Waals surface area contributed by atoms with Gasteiger partial charge in [0, 0.05) is 45.5 Å². The molecule has 0 saturated carbocycles. The van der Waals surface area contributed by atoms with Crippen LogP contribution in [0.3, 0.4) is 0 Å². The SMILES string of the molecule is Cc1cc(C)c2c(OCC(=O)NC(CN3CCN(C)CC3)c3ccccc3)nn(C)c2n1. The van der Waals surface area contributed by atoms with Gasteiger partial charge in [-0.05, 0) is 38.1 Å². The summed E-state index contributed by atoms with van der Waals surface area (Å²) in [5, 5.41) is 8.46. The first-order chi connectivity index (χ1) is 15.4. The van der Waals surface area contributed by atoms with Gasteiger partial charge in [0.25, 0.3) is 5.91 Å². The predicted octanol–water partition coefficient (Wildman–Crippen LogP) is 2.07. The van der Waals surface area contributed by atoms with E-state index in [1.165, 1.54) is 0 Å². The van der Waals surface area contributed by atoms with E-state index in [-0.39, 0.29) is 18.6 Å². The number of carbonyl (C=O) groups is 1. The molecule has 1 aromatic carbocycles. The van der Waals surface area contributed by atoms with Gasteiger partial charge in [-0.2, -0.15) is 0 Å². The first-order valence-electron chi connectivity index (χ1n) is 11.1. The Kier molecular flexibility index (Phi) is 6.72. The molecule has 1 aliphatic rings. The minimum absolute atomic E-state index is 0.0918. The lowest BCUT2D eigenvalue weighted by atomic mass is 10.1. The van der Waals surface area contributed by atoms with E-state index in [2.05, 4.69) is 44.4 Å². The van der Waals surface area contributed by atoms with Crippen molar-refractivity contribution >= 4 is 16.9 Å². The van der Waals surface area contributed by atoms with Gasteiger partial charge in [-0.1, -0.05) is 30.3 Å². The fraction of sp³-hybridized carbons (Fsp3) is 0.458. The number of rotatable bonds is 7. The minimum Gasteiger partial charge on any atom is -0.466 e. The van der Waals surface area contributed by atoms with Crippen molar-refractivity contribution < 1.29 is 9.53 Å². The summed E-state index contributed by atoms with van der Waals surface area (Å²) in [5.74, 6) is 0.280. The molecule has 1 aliphatic heterocycles. The zero-order valence-corrected chi connectivity index (χ0v) is 19.3. The van der Waals surface area contributed by atoms with E-state index in [0.717, 1.165) is 60.6 Å². The lowest BCUT2D eigenvalue weighted by molar-refractivity contribution is -0.124. The maximum absolute atomic E-state index is 12.9. The molecule has 8 nitrogen and oxygen atoms in total. The standard InChI is InChI=1S/C24H32N6O2/c1-17-14-18(2)25-23-22(17)24(27-29(23)4)32-16-21(31)26-20(19-8-6-5-7-9-19)15-30-12-10-28(3)11-13-30/h5-9,14,20H,10-13,15-16H2,1-4H3,(H,26,31). The molecule has 3 heterocycles. The second-order valence-electron chi connectivity index (χ2n) is 8.63. The van der Waals surface area contributed by atoms with E-state index in [4.69, 9.17) is 4.74 Å². The van der Waals surface area contributed by atoms with Crippen molar-refractivity contribution in [3.63, 3.8) is 0 Å². The topological polar surface area (TPSA) is 75.5 Å². The summed E-state index contributed by atoms with van der Waals surface area (Å²) in [4.78, 5) is 22.2. The molecule has 0 bridgehead atoms. The Labute approximate surface area is 189 Å². The van der Waals surface area contributed by atoms with Gasteiger partial charge in [0.05, 0.1) is 11.4 Å². The summed E-state index contributed by atoms with van der Waals surface area (Å²) in [6.45, 7) is 8.72. The van der Waals surface area contributed by atoms with Crippen LogP contribution < -0.4 is 10.1 Å². The third-order valence-electron chi connectivity index (χ3n) is 6.00. The van der Waals surface area contributed by atoms with Crippen molar-refractivity contribution in [3.05, 3.63) is 53.2 Å². The van der Waals surface area contributed by atoms with Crippen molar-refractivity contribution in [1.82, 2.24) is 29.9 Å². The largest absolute Gasteiger partial charge is 0.466 e. The number of likely N-dealkylation sites (N-methyl/N-ethyl adjacent to an activating group) is 1. The smallest absolute Gasteiger partial charge is 0.258 e. The van der Waals surface area contributed by atoms with E-state index in [1.54, 1.807) is 4.68 Å². The zero-order chi connectivity index (χ0) is 22.7. The minimum atomic E-state index is -0.162. The quantitative estimate of drug-likeness (QED) is 0.611. The Balaban J connectivity index is 1.44. The summed E-state index contributed by atoms with van der Waals surface area (Å²) >= 11 is 0. The predicted molar refractivity (Wildman–Crippen MR) is 125 cm³/mol. The maximum Gasteiger partial charge on any atom is 0.258 e. The number of ether oxygens (including phenoxy) is 1. The van der Waals surface area contributed by atoms with E-state index in [9.17, 15) is 4.79 Å². The number of hydrogen-bond donors (Lipinski definition) is 1. The highest BCUT2D eigenvalue weighted by Gasteiger charge is 2.22. The second-order valence-corrected chi connectivity index (χ2v) is 8.63. The Bertz CT molecular complexity index is 1070. The molecule has 170 valence electrons. The number of aromatic nitrogens is 3. The molecule has 1 unspecified atom stereocenters. The van der Waals surface area contributed by atoms with Gasteiger partial charge in [-0.15, -0.1) is 5.10 Å². The molecule has 0 spiro atoms. The van der Waals surface area contributed by atoms with Crippen molar-refractivity contribution in [2.45, 2.75) is 19.9 Å². The van der Waals surface area contributed by atoms with Crippen LogP contribution in [0.15, 0.2) is 36.4 Å². The summed E-state index contributed by atoms with van der Waals surface area (Å²) in [6, 6.07) is 12.0. The Morgan fingerprint density at radius 1 is 1.12 bits per heavy atom. The normalized spacial score (nSPS) is 16.2. The summed E-state index contributed by atoms with van der Waals surface area (Å²) < 4.78 is 7.56. The number of amides is 1. The molecule has 1 atom stereocenters. The average molecular weight is 437 g/mol. The maximum atomic E-state index is 12.9. The molecule has 2 aromatic heterocycles. The van der Waals surface area contributed by atoms with Crippen molar-refractivity contribution in [1.29, 1.82) is 0 Å². The number of fused-ring (bicyclic) bond motifs is 1. The molecule has 1 N–H and O–H groups in total. The van der Waals surface area contributed by atoms with Gasteiger partial charge in [-0.3, -0.25) is 9.69 Å². The highest BCUT2D eigenvalue weighted by Crippen LogP contribution is 2.27. The molecule has 0 radical (unpaired) electrons. The Morgan fingerprint density at radius 3 is 2.56 bits per heavy atom. The highest BCUT2D eigenvalue weighted by atomic mass is 16.5. The van der Waals surface area contributed by atoms with Crippen molar-refractivity contribution in [3.8, 4) is 5.88 Å². The molecule has 1 saturated heterocycles. The van der Waals surface area contributed by atoms with Crippen LogP contribution in [-0.4, -0.2) is 76.8 Å². The van der Waals surface area contributed by atoms with Crippen molar-refractivity contribution in [2.24, 2.45) is 7.05 Å². The van der Waals surface area contributed by atoms with Crippen LogP contribution in [0.2, 0.25) is 0 Å². The van der Waals surface area contributed by atoms with Gasteiger partial charge in [0.1, 0.15) is 0 Å². The number of hydrogen-bond acceptors (Lipinski definition) is 6. The van der Waals surface area contributed by atoms with Gasteiger partial charge in [0.2, 0.25) is 5.88 Å². The fourth-order valence-corrected chi connectivity index (χ4v) is 4.23. The van der Waals surface area contributed by atoms with Gasteiger partial charge in [0.15, 0.2) is 12.3 Å². The molecule has 0 aliphatic carbocycles. The highest BCUT2D eigenvalue weighted by molar-refractivity contribution is 5.85. The molecule has 1 amide bonds. The number of piperazine rings is 1. The van der Waals surface area contributed by atoms with Gasteiger partial charge < -0.3 is 15.0 Å². The monoisotopic (exact) mass is 436 g/mol. The molecular formula is C24H32N6O2. The fourth-order valence-electron chi connectivity index (χ4n) is 4.23. The number of nitrogens with zero attached hydrogens (tertiary/aromatic N) is 5. The zero-order valence-electron chi connectivity index (χ0n) is 19.3. The van der Waals surface area contributed by atoms with Crippen LogP contribution in [0.5, 0.6) is 5.88 Å².